The highest BCUT2D eigenvalue weighted by Gasteiger charge is 2.49. The number of fused-ring (bicyclic) bond motifs is 3. The molecule has 1 atom stereocenters. The number of amides is 1. The lowest BCUT2D eigenvalue weighted by molar-refractivity contribution is -0.0327. The molecule has 224 valence electrons. The van der Waals surface area contributed by atoms with E-state index in [4.69, 9.17) is 4.74 Å². The van der Waals surface area contributed by atoms with Gasteiger partial charge in [0.2, 0.25) is 0 Å². The third-order valence-corrected chi connectivity index (χ3v) is 8.48. The van der Waals surface area contributed by atoms with Crippen LogP contribution in [-0.4, -0.2) is 82.5 Å². The van der Waals surface area contributed by atoms with Gasteiger partial charge in [-0.05, 0) is 81.2 Å². The average Bonchev–Trinajstić information content (AvgIpc) is 3.26. The summed E-state index contributed by atoms with van der Waals surface area (Å²) in [4.78, 5) is 14.6. The molecule has 1 saturated carbocycles. The molecule has 13 heteroatoms. The number of methoxy groups -OCH3 is 1. The summed E-state index contributed by atoms with van der Waals surface area (Å²) in [7, 11) is 3.58. The number of aromatic nitrogens is 2. The molecular weight excluding hydrogens is 569 g/mol. The highest BCUT2D eigenvalue weighted by Crippen LogP contribution is 2.46. The summed E-state index contributed by atoms with van der Waals surface area (Å²) in [6.45, 7) is 2.75. The molecule has 3 aromatic rings. The lowest BCUT2D eigenvalue weighted by Gasteiger charge is -2.57. The number of aliphatic hydroxyl groups excluding tert-OH is 1. The molecule has 6 rings (SSSR count). The summed E-state index contributed by atoms with van der Waals surface area (Å²) < 4.78 is 47.6. The second-order valence-corrected chi connectivity index (χ2v) is 11.8. The number of alkyl halides is 3. The minimum atomic E-state index is -4.51. The lowest BCUT2D eigenvalue weighted by atomic mass is 9.66. The van der Waals surface area contributed by atoms with Gasteiger partial charge >= 0.3 is 5.51 Å². The van der Waals surface area contributed by atoms with Crippen LogP contribution < -0.4 is 20.7 Å². The third kappa shape index (κ3) is 6.56. The first-order valence-corrected chi connectivity index (χ1v) is 14.4. The summed E-state index contributed by atoms with van der Waals surface area (Å²) in [5.74, 6) is 6.37. The van der Waals surface area contributed by atoms with E-state index >= 15 is 0 Å². The highest BCUT2D eigenvalue weighted by molar-refractivity contribution is 8.00. The second kappa shape index (κ2) is 11.9. The number of nitrogens with one attached hydrogen (secondary N) is 3. The molecule has 4 N–H and O–H groups in total. The van der Waals surface area contributed by atoms with Crippen LogP contribution in [0.5, 0.6) is 5.75 Å². The Morgan fingerprint density at radius 2 is 2.10 bits per heavy atom. The summed E-state index contributed by atoms with van der Waals surface area (Å²) in [6.07, 6.45) is 2.25. The van der Waals surface area contributed by atoms with Crippen LogP contribution in [0.1, 0.15) is 42.2 Å². The van der Waals surface area contributed by atoms with Gasteiger partial charge in [0.15, 0.2) is 0 Å². The molecule has 2 aromatic heterocycles. The van der Waals surface area contributed by atoms with Gasteiger partial charge in [-0.1, -0.05) is 12.0 Å². The number of hydrogen-bond acceptors (Lipinski definition) is 8. The van der Waals surface area contributed by atoms with Gasteiger partial charge < -0.3 is 30.7 Å². The SMILES string of the molecule is COc1cc(C(=O)NC[C@@H](C)O)ccc1NCC#Cc1nn2c(NC34CCN(C)C(C3)C4)cccc2c1SC(F)(F)F. The summed E-state index contributed by atoms with van der Waals surface area (Å²) in [5.41, 5.74) is -3.29. The molecule has 3 fully saturated rings. The molecule has 1 aliphatic carbocycles. The molecule has 9 nitrogen and oxygen atoms in total. The van der Waals surface area contributed by atoms with Crippen molar-refractivity contribution in [2.24, 2.45) is 0 Å². The van der Waals surface area contributed by atoms with Crippen molar-refractivity contribution in [3.05, 3.63) is 47.7 Å². The van der Waals surface area contributed by atoms with Crippen LogP contribution in [0.3, 0.4) is 0 Å². The number of benzene rings is 1. The van der Waals surface area contributed by atoms with Crippen LogP contribution in [0.4, 0.5) is 24.7 Å². The van der Waals surface area contributed by atoms with E-state index in [1.54, 1.807) is 37.3 Å². The first-order valence-electron chi connectivity index (χ1n) is 13.6. The first-order chi connectivity index (χ1) is 20.0. The summed E-state index contributed by atoms with van der Waals surface area (Å²) in [5, 5.41) is 23.2. The van der Waals surface area contributed by atoms with E-state index < -0.39 is 11.6 Å². The molecule has 0 radical (unpaired) electrons. The van der Waals surface area contributed by atoms with Crippen molar-refractivity contribution < 1.29 is 27.8 Å². The highest BCUT2D eigenvalue weighted by atomic mass is 32.2. The van der Waals surface area contributed by atoms with Crippen molar-refractivity contribution in [1.29, 1.82) is 0 Å². The topological polar surface area (TPSA) is 103 Å². The molecule has 4 heterocycles. The Bertz CT molecular complexity index is 1520. The van der Waals surface area contributed by atoms with Crippen molar-refractivity contribution >= 4 is 34.7 Å². The number of aliphatic hydroxyl groups is 1. The van der Waals surface area contributed by atoms with E-state index in [2.05, 4.69) is 44.8 Å². The predicted molar refractivity (Wildman–Crippen MR) is 156 cm³/mol. The van der Waals surface area contributed by atoms with E-state index in [9.17, 15) is 23.1 Å². The molecule has 0 unspecified atom stereocenters. The monoisotopic (exact) mass is 602 g/mol. The van der Waals surface area contributed by atoms with E-state index in [0.29, 0.717) is 34.4 Å². The van der Waals surface area contributed by atoms with Crippen molar-refractivity contribution in [3.63, 3.8) is 0 Å². The quantitative estimate of drug-likeness (QED) is 0.214. The number of carbonyl (C=O) groups excluding carboxylic acids is 1. The number of anilines is 2. The van der Waals surface area contributed by atoms with Crippen LogP contribution >= 0.6 is 11.8 Å². The van der Waals surface area contributed by atoms with E-state index in [1.807, 2.05) is 6.07 Å². The number of pyridine rings is 1. The number of thioether (sulfide) groups is 1. The van der Waals surface area contributed by atoms with Crippen molar-refractivity contribution in [1.82, 2.24) is 19.8 Å². The maximum atomic E-state index is 13.6. The molecule has 3 aliphatic rings. The molecule has 0 spiro atoms. The van der Waals surface area contributed by atoms with Gasteiger partial charge in [0.25, 0.3) is 5.91 Å². The van der Waals surface area contributed by atoms with E-state index in [0.717, 1.165) is 25.8 Å². The van der Waals surface area contributed by atoms with Crippen LogP contribution in [-0.2, 0) is 0 Å². The largest absolute Gasteiger partial charge is 0.495 e. The molecule has 1 amide bonds. The van der Waals surface area contributed by atoms with Crippen molar-refractivity contribution in [2.75, 3.05) is 44.4 Å². The average molecular weight is 603 g/mol. The van der Waals surface area contributed by atoms with Gasteiger partial charge in [-0.15, -0.1) is 0 Å². The number of piperidine rings is 2. The molecule has 1 aromatic carbocycles. The Balaban J connectivity index is 1.35. The fraction of sp³-hybridized carbons (Fsp3) is 0.448. The maximum absolute atomic E-state index is 13.6. The van der Waals surface area contributed by atoms with Crippen molar-refractivity contribution in [3.8, 4) is 17.6 Å². The Labute approximate surface area is 246 Å². The molecular formula is C29H33F3N6O3S. The Morgan fingerprint density at radius 1 is 1.31 bits per heavy atom. The summed E-state index contributed by atoms with van der Waals surface area (Å²) >= 11 is -0.216. The third-order valence-electron chi connectivity index (χ3n) is 7.64. The van der Waals surface area contributed by atoms with Gasteiger partial charge in [-0.25, -0.2) is 4.52 Å². The first kappa shape index (κ1) is 29.9. The molecule has 2 saturated heterocycles. The van der Waals surface area contributed by atoms with E-state index in [-0.39, 0.29) is 46.9 Å². The lowest BCUT2D eigenvalue weighted by Crippen LogP contribution is -2.64. The van der Waals surface area contributed by atoms with Crippen LogP contribution in [0.25, 0.3) is 5.52 Å². The number of ether oxygens (including phenoxy) is 1. The number of halogens is 3. The van der Waals surface area contributed by atoms with Crippen LogP contribution in [0.2, 0.25) is 0 Å². The van der Waals surface area contributed by atoms with Gasteiger partial charge in [-0.3, -0.25) is 4.79 Å². The molecule has 42 heavy (non-hydrogen) atoms. The predicted octanol–water partition coefficient (Wildman–Crippen LogP) is 4.18. The van der Waals surface area contributed by atoms with Gasteiger partial charge in [0.05, 0.1) is 35.9 Å². The number of nitrogens with zero attached hydrogens (tertiary/aromatic N) is 3. The smallest absolute Gasteiger partial charge is 0.446 e. The van der Waals surface area contributed by atoms with Gasteiger partial charge in [0.1, 0.15) is 17.3 Å². The zero-order chi connectivity index (χ0) is 30.1. The Kier molecular flexibility index (Phi) is 8.50. The minimum Gasteiger partial charge on any atom is -0.495 e. The van der Waals surface area contributed by atoms with Gasteiger partial charge in [0, 0.05) is 30.2 Å². The fourth-order valence-electron chi connectivity index (χ4n) is 5.40. The number of rotatable bonds is 9. The zero-order valence-electron chi connectivity index (χ0n) is 23.5. The van der Waals surface area contributed by atoms with Gasteiger partial charge in [-0.2, -0.15) is 18.3 Å². The Morgan fingerprint density at radius 3 is 2.76 bits per heavy atom. The van der Waals surface area contributed by atoms with Crippen LogP contribution in [0.15, 0.2) is 41.3 Å². The normalized spacial score (nSPS) is 20.7. The number of hydrogen-bond donors (Lipinski definition) is 4. The van der Waals surface area contributed by atoms with E-state index in [1.165, 1.54) is 11.6 Å². The number of carbonyl (C=O) groups is 1. The van der Waals surface area contributed by atoms with Crippen LogP contribution in [0, 0.1) is 11.8 Å². The summed E-state index contributed by atoms with van der Waals surface area (Å²) in [6, 6.07) is 10.5. The molecule has 2 aliphatic heterocycles. The standard InChI is InChI=1S/C29H33F3N6O3S/c1-18(39)17-34-27(40)19-9-10-21(24(14-19)41-3)33-12-5-6-22-26(42-29(30,31)32)23-7-4-8-25(38(23)36-22)35-28-11-13-37(2)20(15-28)16-28/h4,7-10,14,18,20,33,35,39H,11-13,15-17H2,1-3H3,(H,34,40)/t18-,20?,28?/m1/s1. The fourth-order valence-corrected chi connectivity index (χ4v) is 6.08. The minimum absolute atomic E-state index is 0.0397. The second-order valence-electron chi connectivity index (χ2n) is 10.8. The maximum Gasteiger partial charge on any atom is 0.446 e. The van der Waals surface area contributed by atoms with Crippen molar-refractivity contribution in [2.45, 2.75) is 54.3 Å². The Hall–Kier alpha value is -3.60. The zero-order valence-corrected chi connectivity index (χ0v) is 24.3. The molecule has 2 bridgehead atoms.